The Morgan fingerprint density at radius 3 is 2.85 bits per heavy atom. The molecule has 0 radical (unpaired) electrons. The Morgan fingerprint density at radius 2 is 2.04 bits per heavy atom. The van der Waals surface area contributed by atoms with Crippen LogP contribution in [0.3, 0.4) is 0 Å². The number of rotatable bonds is 5. The van der Waals surface area contributed by atoms with Crippen LogP contribution < -0.4 is 5.32 Å². The molecule has 2 aromatic rings. The van der Waals surface area contributed by atoms with Crippen molar-refractivity contribution in [1.82, 2.24) is 15.1 Å². The Morgan fingerprint density at radius 1 is 1.23 bits per heavy atom. The van der Waals surface area contributed by atoms with Crippen LogP contribution in [0.25, 0.3) is 10.9 Å². The van der Waals surface area contributed by atoms with Gasteiger partial charge in [0.1, 0.15) is 0 Å². The summed E-state index contributed by atoms with van der Waals surface area (Å²) in [5.74, 6) is 1.18. The Hall–Kier alpha value is -2.17. The predicted octanol–water partition coefficient (Wildman–Crippen LogP) is 4.10. The van der Waals surface area contributed by atoms with Crippen molar-refractivity contribution in [1.29, 1.82) is 0 Å². The van der Waals surface area contributed by atoms with E-state index >= 15 is 0 Å². The van der Waals surface area contributed by atoms with E-state index in [4.69, 9.17) is 0 Å². The summed E-state index contributed by atoms with van der Waals surface area (Å²) in [5.41, 5.74) is 1.97. The topological polar surface area (TPSA) is 64.0 Å². The van der Waals surface area contributed by atoms with Crippen molar-refractivity contribution in [2.45, 2.75) is 65.3 Å². The van der Waals surface area contributed by atoms with E-state index in [0.29, 0.717) is 31.1 Å². The molecule has 1 aliphatic carbocycles. The summed E-state index contributed by atoms with van der Waals surface area (Å²) >= 11 is 0. The number of carbonyl (C=O) groups excluding carboxylic acids is 2. The molecule has 0 saturated heterocycles. The molecule has 0 bridgehead atoms. The molecular formula is C21H29N3O2. The SMILES string of the molecule is Cc1ccc2c(cnn2C(=O)CCCC(=O)N[C@@H]2CCC[C@@H](C)[C@H]2C)c1. The van der Waals surface area contributed by atoms with Crippen LogP contribution in [0.2, 0.25) is 0 Å². The van der Waals surface area contributed by atoms with Crippen molar-refractivity contribution >= 4 is 22.7 Å². The van der Waals surface area contributed by atoms with Crippen molar-refractivity contribution in [3.8, 4) is 0 Å². The second-order valence-electron chi connectivity index (χ2n) is 7.81. The maximum Gasteiger partial charge on any atom is 0.247 e. The summed E-state index contributed by atoms with van der Waals surface area (Å²) in [6.07, 6.45) is 6.48. The number of carbonyl (C=O) groups is 2. The fraction of sp³-hybridized carbons (Fsp3) is 0.571. The van der Waals surface area contributed by atoms with Gasteiger partial charge in [-0.15, -0.1) is 0 Å². The molecule has 1 fully saturated rings. The van der Waals surface area contributed by atoms with Gasteiger partial charge in [0.25, 0.3) is 0 Å². The highest BCUT2D eigenvalue weighted by Gasteiger charge is 2.27. The van der Waals surface area contributed by atoms with Gasteiger partial charge in [0.2, 0.25) is 11.8 Å². The molecule has 1 amide bonds. The van der Waals surface area contributed by atoms with Crippen LogP contribution in [0.1, 0.15) is 62.7 Å². The fourth-order valence-corrected chi connectivity index (χ4v) is 3.92. The number of nitrogens with one attached hydrogen (secondary N) is 1. The molecule has 1 N–H and O–H groups in total. The van der Waals surface area contributed by atoms with Gasteiger partial charge < -0.3 is 5.32 Å². The minimum atomic E-state index is -0.0590. The third-order valence-corrected chi connectivity index (χ3v) is 5.81. The van der Waals surface area contributed by atoms with Crippen LogP contribution in [0.4, 0.5) is 0 Å². The first-order valence-corrected chi connectivity index (χ1v) is 9.72. The van der Waals surface area contributed by atoms with Gasteiger partial charge in [-0.3, -0.25) is 9.59 Å². The summed E-state index contributed by atoms with van der Waals surface area (Å²) in [7, 11) is 0. The molecular weight excluding hydrogens is 326 g/mol. The van der Waals surface area contributed by atoms with E-state index in [2.05, 4.69) is 24.3 Å². The van der Waals surface area contributed by atoms with E-state index in [1.807, 2.05) is 25.1 Å². The van der Waals surface area contributed by atoms with Crippen molar-refractivity contribution < 1.29 is 9.59 Å². The highest BCUT2D eigenvalue weighted by Crippen LogP contribution is 2.29. The summed E-state index contributed by atoms with van der Waals surface area (Å²) in [5, 5.41) is 8.35. The maximum atomic E-state index is 12.4. The third kappa shape index (κ3) is 4.14. The highest BCUT2D eigenvalue weighted by atomic mass is 16.2. The number of aromatic nitrogens is 2. The van der Waals surface area contributed by atoms with Crippen molar-refractivity contribution in [2.24, 2.45) is 11.8 Å². The van der Waals surface area contributed by atoms with Gasteiger partial charge in [0.15, 0.2) is 0 Å². The van der Waals surface area contributed by atoms with Crippen LogP contribution in [-0.2, 0) is 4.79 Å². The van der Waals surface area contributed by atoms with E-state index in [1.54, 1.807) is 6.20 Å². The lowest BCUT2D eigenvalue weighted by molar-refractivity contribution is -0.122. The molecule has 0 aliphatic heterocycles. The first kappa shape index (κ1) is 18.6. The molecule has 26 heavy (non-hydrogen) atoms. The van der Waals surface area contributed by atoms with Crippen LogP contribution in [-0.4, -0.2) is 27.6 Å². The lowest BCUT2D eigenvalue weighted by atomic mass is 9.78. The van der Waals surface area contributed by atoms with Gasteiger partial charge >= 0.3 is 0 Å². The summed E-state index contributed by atoms with van der Waals surface area (Å²) in [4.78, 5) is 24.7. The molecule has 3 atom stereocenters. The number of aryl methyl sites for hydroxylation is 1. The molecule has 1 heterocycles. The number of hydrogen-bond donors (Lipinski definition) is 1. The molecule has 3 rings (SSSR count). The van der Waals surface area contributed by atoms with Crippen molar-refractivity contribution in [2.75, 3.05) is 0 Å². The summed E-state index contributed by atoms with van der Waals surface area (Å²) in [6.45, 7) is 6.51. The first-order valence-electron chi connectivity index (χ1n) is 9.72. The lowest BCUT2D eigenvalue weighted by Crippen LogP contribution is -2.43. The second kappa shape index (κ2) is 8.02. The molecule has 5 heteroatoms. The van der Waals surface area contributed by atoms with Gasteiger partial charge in [-0.05, 0) is 43.7 Å². The predicted molar refractivity (Wildman–Crippen MR) is 103 cm³/mol. The Labute approximate surface area is 155 Å². The highest BCUT2D eigenvalue weighted by molar-refractivity contribution is 5.91. The summed E-state index contributed by atoms with van der Waals surface area (Å²) < 4.78 is 1.46. The smallest absolute Gasteiger partial charge is 0.247 e. The monoisotopic (exact) mass is 355 g/mol. The Kier molecular flexibility index (Phi) is 5.74. The fourth-order valence-electron chi connectivity index (χ4n) is 3.92. The van der Waals surface area contributed by atoms with E-state index in [-0.39, 0.29) is 17.9 Å². The van der Waals surface area contributed by atoms with E-state index in [9.17, 15) is 9.59 Å². The normalized spacial score (nSPS) is 23.1. The number of nitrogens with zero attached hydrogens (tertiary/aromatic N) is 2. The zero-order chi connectivity index (χ0) is 18.7. The van der Waals surface area contributed by atoms with Crippen LogP contribution in [0.5, 0.6) is 0 Å². The van der Waals surface area contributed by atoms with Gasteiger partial charge in [-0.2, -0.15) is 5.10 Å². The van der Waals surface area contributed by atoms with Gasteiger partial charge in [-0.25, -0.2) is 4.68 Å². The van der Waals surface area contributed by atoms with Gasteiger partial charge in [0.05, 0.1) is 11.7 Å². The lowest BCUT2D eigenvalue weighted by Gasteiger charge is -2.34. The molecule has 140 valence electrons. The number of amides is 1. The first-order chi connectivity index (χ1) is 12.5. The maximum absolute atomic E-state index is 12.4. The minimum absolute atomic E-state index is 0.0590. The molecule has 1 aromatic heterocycles. The number of hydrogen-bond acceptors (Lipinski definition) is 3. The molecule has 1 aromatic carbocycles. The Bertz CT molecular complexity index is 796. The summed E-state index contributed by atoms with van der Waals surface area (Å²) in [6, 6.07) is 6.20. The number of benzene rings is 1. The van der Waals surface area contributed by atoms with Crippen LogP contribution in [0, 0.1) is 18.8 Å². The molecule has 5 nitrogen and oxygen atoms in total. The molecule has 1 aliphatic rings. The average Bonchev–Trinajstić information content (AvgIpc) is 3.02. The second-order valence-corrected chi connectivity index (χ2v) is 7.81. The van der Waals surface area contributed by atoms with E-state index in [0.717, 1.165) is 22.9 Å². The van der Waals surface area contributed by atoms with Gasteiger partial charge in [0, 0.05) is 24.3 Å². The zero-order valence-corrected chi connectivity index (χ0v) is 16.0. The number of fused-ring (bicyclic) bond motifs is 1. The largest absolute Gasteiger partial charge is 0.353 e. The minimum Gasteiger partial charge on any atom is -0.353 e. The van der Waals surface area contributed by atoms with Crippen LogP contribution in [0.15, 0.2) is 24.4 Å². The molecule has 0 unspecified atom stereocenters. The third-order valence-electron chi connectivity index (χ3n) is 5.81. The van der Waals surface area contributed by atoms with Crippen molar-refractivity contribution in [3.05, 3.63) is 30.0 Å². The quantitative estimate of drug-likeness (QED) is 0.878. The average molecular weight is 355 g/mol. The molecule has 0 spiro atoms. The van der Waals surface area contributed by atoms with E-state index < -0.39 is 0 Å². The van der Waals surface area contributed by atoms with Crippen molar-refractivity contribution in [3.63, 3.8) is 0 Å². The molecule has 1 saturated carbocycles. The Balaban J connectivity index is 1.49. The zero-order valence-electron chi connectivity index (χ0n) is 16.0. The van der Waals surface area contributed by atoms with Gasteiger partial charge in [-0.1, -0.05) is 38.3 Å². The standard InChI is InChI=1S/C21H29N3O2/c1-14-10-11-19-17(12-14)13-22-24(19)21(26)9-5-8-20(25)23-18-7-4-6-15(2)16(18)3/h10-13,15-16,18H,4-9H2,1-3H3,(H,23,25)/t15-,16-,18-/m1/s1. The van der Waals surface area contributed by atoms with E-state index in [1.165, 1.54) is 17.5 Å². The van der Waals surface area contributed by atoms with Crippen LogP contribution >= 0.6 is 0 Å².